The second-order valence-corrected chi connectivity index (χ2v) is 8.62. The molecular weight excluding hydrogens is 484 g/mol. The number of ether oxygens (including phenoxy) is 4. The summed E-state index contributed by atoms with van der Waals surface area (Å²) in [6.07, 6.45) is 4.52. The average molecular weight is 513 g/mol. The fraction of sp³-hybridized carbons (Fsp3) is 0.241. The Kier molecular flexibility index (Phi) is 7.75. The zero-order valence-electron chi connectivity index (χ0n) is 20.9. The van der Waals surface area contributed by atoms with Crippen LogP contribution in [0.4, 0.5) is 0 Å². The van der Waals surface area contributed by atoms with E-state index in [0.29, 0.717) is 19.7 Å². The predicted octanol–water partition coefficient (Wildman–Crippen LogP) is 3.72. The Bertz CT molecular complexity index is 1290. The van der Waals surface area contributed by atoms with E-state index >= 15 is 0 Å². The molecule has 1 aliphatic heterocycles. The molecule has 1 unspecified atom stereocenters. The van der Waals surface area contributed by atoms with Gasteiger partial charge in [-0.3, -0.25) is 4.79 Å². The summed E-state index contributed by atoms with van der Waals surface area (Å²) in [4.78, 5) is 27.5. The second kappa shape index (κ2) is 11.7. The number of hydrogen-bond acceptors (Lipinski definition) is 8. The molecule has 9 nitrogen and oxygen atoms in total. The van der Waals surface area contributed by atoms with Crippen molar-refractivity contribution in [3.63, 3.8) is 0 Å². The fourth-order valence-corrected chi connectivity index (χ4v) is 4.39. The van der Waals surface area contributed by atoms with Gasteiger partial charge in [0.15, 0.2) is 0 Å². The Labute approximate surface area is 221 Å². The molecule has 3 aromatic rings. The van der Waals surface area contributed by atoms with Crippen molar-refractivity contribution >= 4 is 11.5 Å². The Morgan fingerprint density at radius 1 is 0.868 bits per heavy atom. The van der Waals surface area contributed by atoms with Crippen LogP contribution >= 0.6 is 0 Å². The first-order chi connectivity index (χ1) is 18.7. The van der Waals surface area contributed by atoms with Crippen LogP contribution in [0, 0.1) is 0 Å². The zero-order valence-corrected chi connectivity index (χ0v) is 20.9. The SMILES string of the molecule is C=CCOc1nc(OCC=C)nc(OCC2CN(C(=O)C=C3c4ccccc4-c4ccccc43)CCO2)n1. The van der Waals surface area contributed by atoms with Crippen LogP contribution in [-0.2, 0) is 9.53 Å². The van der Waals surface area contributed by atoms with E-state index < -0.39 is 0 Å². The van der Waals surface area contributed by atoms with E-state index in [4.69, 9.17) is 18.9 Å². The van der Waals surface area contributed by atoms with Crippen LogP contribution in [0.2, 0.25) is 0 Å². The third-order valence-corrected chi connectivity index (χ3v) is 6.08. The number of benzene rings is 2. The van der Waals surface area contributed by atoms with Gasteiger partial charge in [0.2, 0.25) is 5.91 Å². The Balaban J connectivity index is 1.27. The van der Waals surface area contributed by atoms with Crippen LogP contribution in [0.15, 0.2) is 79.9 Å². The topological polar surface area (TPSA) is 95.9 Å². The first-order valence-electron chi connectivity index (χ1n) is 12.3. The molecule has 9 heteroatoms. The summed E-state index contributed by atoms with van der Waals surface area (Å²) < 4.78 is 22.5. The van der Waals surface area contributed by atoms with Gasteiger partial charge in [-0.2, -0.15) is 0 Å². The van der Waals surface area contributed by atoms with E-state index in [0.717, 1.165) is 27.8 Å². The lowest BCUT2D eigenvalue weighted by molar-refractivity contribution is -0.134. The largest absolute Gasteiger partial charge is 0.460 e. The Morgan fingerprint density at radius 2 is 1.39 bits per heavy atom. The molecule has 0 saturated carbocycles. The molecule has 2 heterocycles. The minimum Gasteiger partial charge on any atom is -0.460 e. The molecule has 1 fully saturated rings. The Morgan fingerprint density at radius 3 is 1.95 bits per heavy atom. The van der Waals surface area contributed by atoms with Crippen molar-refractivity contribution < 1.29 is 23.7 Å². The molecule has 1 amide bonds. The highest BCUT2D eigenvalue weighted by Gasteiger charge is 2.27. The van der Waals surface area contributed by atoms with Gasteiger partial charge in [-0.1, -0.05) is 73.8 Å². The van der Waals surface area contributed by atoms with E-state index in [2.05, 4.69) is 52.4 Å². The predicted molar refractivity (Wildman–Crippen MR) is 142 cm³/mol. The van der Waals surface area contributed by atoms with Gasteiger partial charge in [0.25, 0.3) is 0 Å². The third-order valence-electron chi connectivity index (χ3n) is 6.08. The summed E-state index contributed by atoms with van der Waals surface area (Å²) in [5.74, 6) is -0.0693. The minimum atomic E-state index is -0.360. The first-order valence-corrected chi connectivity index (χ1v) is 12.3. The van der Waals surface area contributed by atoms with Crippen molar-refractivity contribution in [1.82, 2.24) is 19.9 Å². The molecular formula is C29H28N4O5. The molecule has 2 aromatic carbocycles. The third kappa shape index (κ3) is 5.57. The number of rotatable bonds is 10. The number of aromatic nitrogens is 3. The van der Waals surface area contributed by atoms with Crippen LogP contribution in [0.1, 0.15) is 11.1 Å². The monoisotopic (exact) mass is 512 g/mol. The minimum absolute atomic E-state index is 0.0338. The number of carbonyl (C=O) groups is 1. The standard InChI is InChI=1S/C29H28N4O5/c1-3-14-36-27-30-28(37-15-4-2)32-29(31-27)38-19-20-18-33(13-16-35-20)26(34)17-25-23-11-7-5-9-21(23)22-10-6-8-12-24(22)25/h3-12,17,20H,1-2,13-16,18-19H2. The van der Waals surface area contributed by atoms with Crippen molar-refractivity contribution in [2.75, 3.05) is 39.5 Å². The molecule has 194 valence electrons. The molecule has 5 rings (SSSR count). The molecule has 1 saturated heterocycles. The molecule has 1 atom stereocenters. The molecule has 38 heavy (non-hydrogen) atoms. The molecule has 2 aliphatic rings. The van der Waals surface area contributed by atoms with Crippen LogP contribution in [-0.4, -0.2) is 71.4 Å². The molecule has 0 N–H and O–H groups in total. The van der Waals surface area contributed by atoms with Gasteiger partial charge >= 0.3 is 18.0 Å². The maximum atomic E-state index is 13.4. The quantitative estimate of drug-likeness (QED) is 0.234. The summed E-state index contributed by atoms with van der Waals surface area (Å²) in [5, 5.41) is 0. The van der Waals surface area contributed by atoms with Crippen molar-refractivity contribution in [2.45, 2.75) is 6.10 Å². The zero-order chi connectivity index (χ0) is 26.3. The fourth-order valence-electron chi connectivity index (χ4n) is 4.39. The summed E-state index contributed by atoms with van der Waals surface area (Å²) in [7, 11) is 0. The van der Waals surface area contributed by atoms with Crippen molar-refractivity contribution in [3.05, 3.63) is 91.0 Å². The number of hydrogen-bond donors (Lipinski definition) is 0. The van der Waals surface area contributed by atoms with E-state index in [-0.39, 0.29) is 49.9 Å². The summed E-state index contributed by atoms with van der Waals surface area (Å²) in [6.45, 7) is 9.08. The maximum absolute atomic E-state index is 13.4. The van der Waals surface area contributed by atoms with Gasteiger partial charge in [0, 0.05) is 12.6 Å². The lowest BCUT2D eigenvalue weighted by Crippen LogP contribution is -2.47. The highest BCUT2D eigenvalue weighted by atomic mass is 16.6. The molecule has 0 spiro atoms. The van der Waals surface area contributed by atoms with Gasteiger partial charge < -0.3 is 23.8 Å². The molecule has 0 radical (unpaired) electrons. The van der Waals surface area contributed by atoms with Crippen LogP contribution in [0.25, 0.3) is 16.7 Å². The smallest absolute Gasteiger partial charge is 0.326 e. The lowest BCUT2D eigenvalue weighted by Gasteiger charge is -2.32. The van der Waals surface area contributed by atoms with Crippen molar-refractivity contribution in [2.24, 2.45) is 0 Å². The summed E-state index contributed by atoms with van der Waals surface area (Å²) in [5.41, 5.74) is 5.34. The van der Waals surface area contributed by atoms with Crippen molar-refractivity contribution in [3.8, 4) is 29.2 Å². The molecule has 1 aromatic heterocycles. The van der Waals surface area contributed by atoms with Gasteiger partial charge in [-0.25, -0.2) is 0 Å². The van der Waals surface area contributed by atoms with Gasteiger partial charge in [-0.15, -0.1) is 15.0 Å². The highest BCUT2D eigenvalue weighted by molar-refractivity contribution is 6.08. The molecule has 0 bridgehead atoms. The Hall–Kier alpha value is -4.50. The second-order valence-electron chi connectivity index (χ2n) is 8.62. The van der Waals surface area contributed by atoms with Gasteiger partial charge in [0.1, 0.15) is 25.9 Å². The van der Waals surface area contributed by atoms with E-state index in [9.17, 15) is 4.79 Å². The summed E-state index contributed by atoms with van der Waals surface area (Å²) >= 11 is 0. The van der Waals surface area contributed by atoms with E-state index in [1.807, 2.05) is 24.3 Å². The van der Waals surface area contributed by atoms with E-state index in [1.54, 1.807) is 23.1 Å². The molecule has 1 aliphatic carbocycles. The van der Waals surface area contributed by atoms with Crippen molar-refractivity contribution in [1.29, 1.82) is 0 Å². The van der Waals surface area contributed by atoms with Crippen LogP contribution < -0.4 is 14.2 Å². The normalized spacial score (nSPS) is 15.7. The summed E-state index contributed by atoms with van der Waals surface area (Å²) in [6, 6.07) is 16.4. The first kappa shape index (κ1) is 25.2. The number of fused-ring (bicyclic) bond motifs is 3. The highest BCUT2D eigenvalue weighted by Crippen LogP contribution is 2.43. The van der Waals surface area contributed by atoms with Gasteiger partial charge in [0.05, 0.1) is 13.2 Å². The average Bonchev–Trinajstić information content (AvgIpc) is 3.27. The number of nitrogens with zero attached hydrogens (tertiary/aromatic N) is 4. The van der Waals surface area contributed by atoms with Crippen LogP contribution in [0.5, 0.6) is 18.0 Å². The maximum Gasteiger partial charge on any atom is 0.326 e. The van der Waals surface area contributed by atoms with E-state index in [1.165, 1.54) is 0 Å². The number of amides is 1. The van der Waals surface area contributed by atoms with Crippen LogP contribution in [0.3, 0.4) is 0 Å². The number of morpholine rings is 1. The number of carbonyl (C=O) groups excluding carboxylic acids is 1. The van der Waals surface area contributed by atoms with Gasteiger partial charge in [-0.05, 0) is 27.8 Å². The lowest BCUT2D eigenvalue weighted by atomic mass is 10.0.